The van der Waals surface area contributed by atoms with Gasteiger partial charge in [0.15, 0.2) is 0 Å². The minimum absolute atomic E-state index is 0.250. The molecule has 0 fully saturated rings. The molecule has 0 amide bonds. The lowest BCUT2D eigenvalue weighted by molar-refractivity contribution is -0.403. The number of anilines is 1. The van der Waals surface area contributed by atoms with Crippen molar-refractivity contribution in [3.63, 3.8) is 0 Å². The normalized spacial score (nSPS) is 15.6. The second kappa shape index (κ2) is 5.58. The smallest absolute Gasteiger partial charge is 0.255 e. The SMILES string of the molecule is O=[N+]([O-])/C=C1/CN=C(c2ccccc2)c2ccccc2N1. The standard InChI is InChI=1S/C16H13N3O2/c20-19(21)11-13-10-17-16(12-6-2-1-3-7-12)14-8-4-5-9-15(14)18-13/h1-9,11,18H,10H2/b13-11-. The molecule has 1 aliphatic heterocycles. The Bertz CT molecular complexity index is 736. The Balaban J connectivity index is 2.12. The summed E-state index contributed by atoms with van der Waals surface area (Å²) in [5.74, 6) is 0. The van der Waals surface area contributed by atoms with Gasteiger partial charge in [0, 0.05) is 16.8 Å². The van der Waals surface area contributed by atoms with E-state index in [1.807, 2.05) is 54.6 Å². The van der Waals surface area contributed by atoms with Crippen LogP contribution in [0.1, 0.15) is 11.1 Å². The van der Waals surface area contributed by atoms with E-state index in [2.05, 4.69) is 10.3 Å². The number of fused-ring (bicyclic) bond motifs is 1. The van der Waals surface area contributed by atoms with Gasteiger partial charge in [-0.15, -0.1) is 0 Å². The van der Waals surface area contributed by atoms with Crippen LogP contribution < -0.4 is 5.32 Å². The Morgan fingerprint density at radius 1 is 1.10 bits per heavy atom. The van der Waals surface area contributed by atoms with Crippen LogP contribution in [0.5, 0.6) is 0 Å². The zero-order valence-electron chi connectivity index (χ0n) is 11.2. The highest BCUT2D eigenvalue weighted by molar-refractivity contribution is 6.16. The first-order valence-corrected chi connectivity index (χ1v) is 6.54. The van der Waals surface area contributed by atoms with E-state index in [1.165, 1.54) is 0 Å². The number of para-hydroxylation sites is 1. The first-order chi connectivity index (χ1) is 10.2. The Hall–Kier alpha value is -2.95. The number of nitro groups is 1. The van der Waals surface area contributed by atoms with E-state index >= 15 is 0 Å². The van der Waals surface area contributed by atoms with Crippen molar-refractivity contribution in [1.82, 2.24) is 0 Å². The topological polar surface area (TPSA) is 67.5 Å². The number of nitrogens with zero attached hydrogens (tertiary/aromatic N) is 2. The number of aliphatic imine (C=N–C) groups is 1. The van der Waals surface area contributed by atoms with Crippen LogP contribution in [0.3, 0.4) is 0 Å². The summed E-state index contributed by atoms with van der Waals surface area (Å²) in [7, 11) is 0. The van der Waals surface area contributed by atoms with Gasteiger partial charge in [0.2, 0.25) is 0 Å². The molecule has 0 bridgehead atoms. The van der Waals surface area contributed by atoms with Crippen LogP contribution in [0.2, 0.25) is 0 Å². The summed E-state index contributed by atoms with van der Waals surface area (Å²) in [6, 6.07) is 17.5. The quantitative estimate of drug-likeness (QED) is 0.678. The van der Waals surface area contributed by atoms with Gasteiger partial charge in [-0.05, 0) is 6.07 Å². The van der Waals surface area contributed by atoms with Gasteiger partial charge >= 0.3 is 0 Å². The van der Waals surface area contributed by atoms with E-state index in [-0.39, 0.29) is 6.54 Å². The monoisotopic (exact) mass is 279 g/mol. The Kier molecular flexibility index (Phi) is 3.47. The lowest BCUT2D eigenvalue weighted by Crippen LogP contribution is -2.05. The summed E-state index contributed by atoms with van der Waals surface area (Å²) < 4.78 is 0. The third-order valence-electron chi connectivity index (χ3n) is 3.19. The van der Waals surface area contributed by atoms with E-state index in [9.17, 15) is 10.1 Å². The average molecular weight is 279 g/mol. The van der Waals surface area contributed by atoms with Crippen molar-refractivity contribution in [3.8, 4) is 0 Å². The molecule has 21 heavy (non-hydrogen) atoms. The fourth-order valence-electron chi connectivity index (χ4n) is 2.30. The van der Waals surface area contributed by atoms with Gasteiger partial charge in [0.05, 0.1) is 17.2 Å². The number of rotatable bonds is 2. The molecule has 5 nitrogen and oxygen atoms in total. The first kappa shape index (κ1) is 13.1. The zero-order chi connectivity index (χ0) is 14.7. The van der Waals surface area contributed by atoms with Gasteiger partial charge in [-0.3, -0.25) is 15.1 Å². The maximum Gasteiger partial charge on any atom is 0.255 e. The highest BCUT2D eigenvalue weighted by Gasteiger charge is 2.17. The molecule has 1 heterocycles. The molecule has 0 unspecified atom stereocenters. The third kappa shape index (κ3) is 2.81. The second-order valence-electron chi connectivity index (χ2n) is 4.64. The molecule has 1 N–H and O–H groups in total. The van der Waals surface area contributed by atoms with Crippen molar-refractivity contribution in [3.05, 3.63) is 87.7 Å². The lowest BCUT2D eigenvalue weighted by Gasteiger charge is -2.10. The van der Waals surface area contributed by atoms with Gasteiger partial charge in [-0.1, -0.05) is 48.5 Å². The molecule has 0 radical (unpaired) electrons. The third-order valence-corrected chi connectivity index (χ3v) is 3.19. The summed E-state index contributed by atoms with van der Waals surface area (Å²) in [5, 5.41) is 13.8. The van der Waals surface area contributed by atoms with E-state index in [4.69, 9.17) is 0 Å². The number of benzodiazepines with no additional fused rings is 1. The van der Waals surface area contributed by atoms with E-state index in [0.29, 0.717) is 5.70 Å². The zero-order valence-corrected chi connectivity index (χ0v) is 11.2. The van der Waals surface area contributed by atoms with Crippen LogP contribution in [-0.4, -0.2) is 17.2 Å². The first-order valence-electron chi connectivity index (χ1n) is 6.54. The highest BCUT2D eigenvalue weighted by atomic mass is 16.6. The van der Waals surface area contributed by atoms with Gasteiger partial charge in [0.25, 0.3) is 6.20 Å². The molecule has 5 heteroatoms. The van der Waals surface area contributed by atoms with Gasteiger partial charge in [-0.2, -0.15) is 0 Å². The molecule has 0 aromatic heterocycles. The minimum atomic E-state index is -0.464. The Morgan fingerprint density at radius 2 is 1.81 bits per heavy atom. The second-order valence-corrected chi connectivity index (χ2v) is 4.64. The van der Waals surface area contributed by atoms with E-state index < -0.39 is 4.92 Å². The lowest BCUT2D eigenvalue weighted by atomic mass is 10.0. The molecule has 0 saturated heterocycles. The van der Waals surface area contributed by atoms with Gasteiger partial charge in [-0.25, -0.2) is 0 Å². The molecule has 0 atom stereocenters. The maximum atomic E-state index is 10.7. The predicted molar refractivity (Wildman–Crippen MR) is 82.1 cm³/mol. The summed E-state index contributed by atoms with van der Waals surface area (Å²) >= 11 is 0. The summed E-state index contributed by atoms with van der Waals surface area (Å²) in [5.41, 5.74) is 4.07. The maximum absolute atomic E-state index is 10.7. The Morgan fingerprint density at radius 3 is 2.57 bits per heavy atom. The van der Waals surface area contributed by atoms with Crippen molar-refractivity contribution in [2.24, 2.45) is 4.99 Å². The van der Waals surface area contributed by atoms with Crippen LogP contribution in [0, 0.1) is 10.1 Å². The molecular weight excluding hydrogens is 266 g/mol. The molecule has 0 saturated carbocycles. The number of nitrogens with one attached hydrogen (secondary N) is 1. The summed E-state index contributed by atoms with van der Waals surface area (Å²) in [6.45, 7) is 0.250. The fourth-order valence-corrected chi connectivity index (χ4v) is 2.30. The fraction of sp³-hybridized carbons (Fsp3) is 0.0625. The van der Waals surface area contributed by atoms with Crippen LogP contribution >= 0.6 is 0 Å². The largest absolute Gasteiger partial charge is 0.352 e. The molecule has 2 aromatic rings. The van der Waals surface area contributed by atoms with Crippen LogP contribution in [0.15, 0.2) is 71.5 Å². The molecule has 104 valence electrons. The highest BCUT2D eigenvalue weighted by Crippen LogP contribution is 2.24. The van der Waals surface area contributed by atoms with Crippen LogP contribution in [-0.2, 0) is 0 Å². The molecular formula is C16H13N3O2. The predicted octanol–water partition coefficient (Wildman–Crippen LogP) is 3.07. The van der Waals surface area contributed by atoms with Crippen molar-refractivity contribution in [2.45, 2.75) is 0 Å². The van der Waals surface area contributed by atoms with Gasteiger partial charge in [0.1, 0.15) is 5.70 Å². The molecule has 0 aliphatic carbocycles. The molecule has 1 aliphatic rings. The van der Waals surface area contributed by atoms with Crippen molar-refractivity contribution < 1.29 is 4.92 Å². The summed E-state index contributed by atoms with van der Waals surface area (Å²) in [4.78, 5) is 14.8. The number of benzene rings is 2. The molecule has 3 rings (SSSR count). The average Bonchev–Trinajstić information content (AvgIpc) is 2.66. The Labute approximate surface area is 121 Å². The number of hydrogen-bond acceptors (Lipinski definition) is 4. The van der Waals surface area contributed by atoms with Crippen LogP contribution in [0.4, 0.5) is 5.69 Å². The summed E-state index contributed by atoms with van der Waals surface area (Å²) in [6.07, 6.45) is 0.966. The van der Waals surface area contributed by atoms with E-state index in [0.717, 1.165) is 28.7 Å². The minimum Gasteiger partial charge on any atom is -0.352 e. The molecule has 0 spiro atoms. The number of hydrogen-bond donors (Lipinski definition) is 1. The van der Waals surface area contributed by atoms with E-state index in [1.54, 1.807) is 0 Å². The van der Waals surface area contributed by atoms with Crippen LogP contribution in [0.25, 0.3) is 0 Å². The molecule has 2 aromatic carbocycles. The van der Waals surface area contributed by atoms with Gasteiger partial charge < -0.3 is 5.32 Å². The van der Waals surface area contributed by atoms with Crippen molar-refractivity contribution in [1.29, 1.82) is 0 Å². The van der Waals surface area contributed by atoms with Crippen molar-refractivity contribution >= 4 is 11.4 Å². The van der Waals surface area contributed by atoms with Crippen molar-refractivity contribution in [2.75, 3.05) is 11.9 Å².